The molecule has 3 nitrogen and oxygen atoms in total. The first-order valence-electron chi connectivity index (χ1n) is 21.2. The lowest BCUT2D eigenvalue weighted by atomic mass is 9.30. The van der Waals surface area contributed by atoms with Gasteiger partial charge in [0, 0.05) is 67.1 Å². The maximum atomic E-state index is 2.68. The van der Waals surface area contributed by atoms with Crippen LogP contribution in [0.2, 0.25) is 0 Å². The SMILES string of the molecule is CC1(C)c2ccccc2B2c3c(cc(N(c4ccccc4)c4ccccc4)cc31)-n1c3c(c4cccc2c41)C(C)(C)c1cc(N(c2ccccc2)c2ccccc2)ccc1-3. The largest absolute Gasteiger partial charge is 0.310 e. The highest BCUT2D eigenvalue weighted by molar-refractivity contribution is 6.99. The Hall–Kier alpha value is -7.04. The van der Waals surface area contributed by atoms with Gasteiger partial charge < -0.3 is 14.4 Å². The van der Waals surface area contributed by atoms with Crippen LogP contribution in [-0.2, 0) is 10.8 Å². The highest BCUT2D eigenvalue weighted by Gasteiger charge is 2.49. The molecule has 2 aliphatic heterocycles. The van der Waals surface area contributed by atoms with Crippen molar-refractivity contribution in [2.75, 3.05) is 9.80 Å². The van der Waals surface area contributed by atoms with E-state index in [1.165, 1.54) is 66.5 Å². The summed E-state index contributed by atoms with van der Waals surface area (Å²) in [6.45, 7) is 9.86. The van der Waals surface area contributed by atoms with E-state index in [0.717, 1.165) is 34.1 Å². The van der Waals surface area contributed by atoms with Gasteiger partial charge in [-0.2, -0.15) is 0 Å². The van der Waals surface area contributed by atoms with Gasteiger partial charge in [-0.1, -0.05) is 154 Å². The van der Waals surface area contributed by atoms with Gasteiger partial charge in [-0.3, -0.25) is 0 Å². The van der Waals surface area contributed by atoms with Crippen LogP contribution in [0.3, 0.4) is 0 Å². The van der Waals surface area contributed by atoms with E-state index in [-0.39, 0.29) is 17.5 Å². The topological polar surface area (TPSA) is 11.4 Å². The van der Waals surface area contributed by atoms with Crippen LogP contribution in [0.15, 0.2) is 194 Å². The molecule has 12 rings (SSSR count). The number of anilines is 6. The fourth-order valence-corrected chi connectivity index (χ4v) is 11.2. The predicted octanol–water partition coefficient (Wildman–Crippen LogP) is 12.3. The summed E-state index contributed by atoms with van der Waals surface area (Å²) in [5.41, 5.74) is 21.4. The van der Waals surface area contributed by atoms with Crippen molar-refractivity contribution >= 4 is 68.1 Å². The molecular formula is C56H44BN3. The number of nitrogens with zero attached hydrogens (tertiary/aromatic N) is 3. The number of hydrogen-bond acceptors (Lipinski definition) is 2. The zero-order valence-corrected chi connectivity index (χ0v) is 34.4. The fourth-order valence-electron chi connectivity index (χ4n) is 11.2. The van der Waals surface area contributed by atoms with Gasteiger partial charge in [-0.25, -0.2) is 0 Å². The van der Waals surface area contributed by atoms with Gasteiger partial charge in [0.25, 0.3) is 0 Å². The van der Waals surface area contributed by atoms with Crippen LogP contribution in [0.25, 0.3) is 27.8 Å². The van der Waals surface area contributed by atoms with Crippen LogP contribution in [0.5, 0.6) is 0 Å². The molecule has 0 N–H and O–H groups in total. The first-order valence-corrected chi connectivity index (χ1v) is 21.2. The Labute approximate surface area is 352 Å². The average Bonchev–Trinajstić information content (AvgIpc) is 3.76. The van der Waals surface area contributed by atoms with Crippen molar-refractivity contribution in [1.82, 2.24) is 4.57 Å². The predicted molar refractivity (Wildman–Crippen MR) is 253 cm³/mol. The molecule has 4 heteroatoms. The third-order valence-corrected chi connectivity index (χ3v) is 13.8. The molecule has 0 saturated heterocycles. The minimum atomic E-state index is -0.264. The number of benzene rings is 8. The Morgan fingerprint density at radius 3 is 1.53 bits per heavy atom. The average molecular weight is 770 g/mol. The molecule has 60 heavy (non-hydrogen) atoms. The Balaban J connectivity index is 1.16. The lowest BCUT2D eigenvalue weighted by Gasteiger charge is -2.43. The first-order chi connectivity index (χ1) is 29.3. The molecule has 286 valence electrons. The minimum absolute atomic E-state index is 0.122. The Morgan fingerprint density at radius 1 is 0.417 bits per heavy atom. The van der Waals surface area contributed by atoms with Crippen LogP contribution >= 0.6 is 0 Å². The molecule has 3 heterocycles. The van der Waals surface area contributed by atoms with Crippen LogP contribution in [0.4, 0.5) is 34.1 Å². The van der Waals surface area contributed by atoms with E-state index in [9.17, 15) is 0 Å². The van der Waals surface area contributed by atoms with Gasteiger partial charge >= 0.3 is 0 Å². The van der Waals surface area contributed by atoms with Crippen LogP contribution < -0.4 is 26.2 Å². The zero-order chi connectivity index (χ0) is 40.3. The number of hydrogen-bond donors (Lipinski definition) is 0. The molecule has 1 aliphatic carbocycles. The number of aromatic nitrogens is 1. The van der Waals surface area contributed by atoms with Gasteiger partial charge in [0.1, 0.15) is 0 Å². The summed E-state index contributed by atoms with van der Waals surface area (Å²) in [7, 11) is 0. The van der Waals surface area contributed by atoms with E-state index in [1.54, 1.807) is 0 Å². The summed E-state index contributed by atoms with van der Waals surface area (Å²) in [5.74, 6) is 0. The lowest BCUT2D eigenvalue weighted by Crippen LogP contribution is -2.63. The van der Waals surface area contributed by atoms with Crippen LogP contribution in [0.1, 0.15) is 49.9 Å². The quantitative estimate of drug-likeness (QED) is 0.156. The lowest BCUT2D eigenvalue weighted by molar-refractivity contribution is 0.645. The van der Waals surface area contributed by atoms with E-state index < -0.39 is 0 Å². The maximum Gasteiger partial charge on any atom is 0.247 e. The Kier molecular flexibility index (Phi) is 7.42. The number of rotatable bonds is 6. The molecule has 9 aromatic rings. The van der Waals surface area contributed by atoms with Gasteiger partial charge in [-0.15, -0.1) is 0 Å². The van der Waals surface area contributed by atoms with E-state index in [2.05, 4.69) is 236 Å². The van der Waals surface area contributed by atoms with E-state index in [0.29, 0.717) is 0 Å². The molecule has 0 saturated carbocycles. The van der Waals surface area contributed by atoms with Crippen molar-refractivity contribution in [3.63, 3.8) is 0 Å². The number of fused-ring (bicyclic) bond motifs is 9. The molecule has 0 atom stereocenters. The van der Waals surface area contributed by atoms with E-state index in [4.69, 9.17) is 0 Å². The van der Waals surface area contributed by atoms with Crippen molar-refractivity contribution in [3.05, 3.63) is 216 Å². The highest BCUT2D eigenvalue weighted by Crippen LogP contribution is 2.56. The molecule has 1 aromatic heterocycles. The molecule has 0 bridgehead atoms. The van der Waals surface area contributed by atoms with Crippen molar-refractivity contribution in [2.45, 2.75) is 38.5 Å². The van der Waals surface area contributed by atoms with Gasteiger partial charge in [0.05, 0.1) is 5.69 Å². The molecule has 8 aromatic carbocycles. The summed E-state index contributed by atoms with van der Waals surface area (Å²) in [5, 5.41) is 1.34. The van der Waals surface area contributed by atoms with Crippen molar-refractivity contribution in [2.24, 2.45) is 0 Å². The normalized spacial score (nSPS) is 14.6. The van der Waals surface area contributed by atoms with E-state index in [1.807, 2.05) is 0 Å². The van der Waals surface area contributed by atoms with Crippen LogP contribution in [-0.4, -0.2) is 11.3 Å². The molecule has 0 spiro atoms. The second-order valence-corrected chi connectivity index (χ2v) is 17.7. The summed E-state index contributed by atoms with van der Waals surface area (Å²) < 4.78 is 2.68. The van der Waals surface area contributed by atoms with Crippen molar-refractivity contribution in [1.29, 1.82) is 0 Å². The van der Waals surface area contributed by atoms with Gasteiger partial charge in [0.2, 0.25) is 6.71 Å². The third-order valence-electron chi connectivity index (χ3n) is 13.8. The highest BCUT2D eigenvalue weighted by atomic mass is 15.2. The maximum absolute atomic E-state index is 2.68. The summed E-state index contributed by atoms with van der Waals surface area (Å²) in [6.07, 6.45) is 0. The monoisotopic (exact) mass is 769 g/mol. The fraction of sp³-hybridized carbons (Fsp3) is 0.107. The zero-order valence-electron chi connectivity index (χ0n) is 34.4. The van der Waals surface area contributed by atoms with Crippen LogP contribution in [0, 0.1) is 0 Å². The van der Waals surface area contributed by atoms with Gasteiger partial charge in [0.15, 0.2) is 0 Å². The molecular weight excluding hydrogens is 725 g/mol. The molecule has 0 fully saturated rings. The molecule has 0 radical (unpaired) electrons. The Morgan fingerprint density at radius 2 is 0.933 bits per heavy atom. The van der Waals surface area contributed by atoms with Gasteiger partial charge in [-0.05, 0) is 106 Å². The molecule has 3 aliphatic rings. The van der Waals surface area contributed by atoms with E-state index >= 15 is 0 Å². The third kappa shape index (κ3) is 4.79. The number of para-hydroxylation sites is 5. The summed E-state index contributed by atoms with van der Waals surface area (Å²) >= 11 is 0. The minimum Gasteiger partial charge on any atom is -0.310 e. The Bertz CT molecular complexity index is 3070. The van der Waals surface area contributed by atoms with Crippen molar-refractivity contribution in [3.8, 4) is 16.9 Å². The standard InChI is InChI=1S/C56H44BN3/c1-55(2)45-29-17-18-30-48(45)57-49-31-19-28-44-51-54(43-33-32-41(34-46(43)56(51,3)4)58(37-20-9-5-10-21-37)38-22-11-6-12-23-38)60(53(44)49)50-36-42(35-47(55)52(50)57)59(39-24-13-7-14-25-39)40-26-15-8-16-27-40/h5-36H,1-4H3. The second kappa shape index (κ2) is 12.7. The molecule has 0 unspecified atom stereocenters. The summed E-state index contributed by atoms with van der Waals surface area (Å²) in [4.78, 5) is 4.83. The summed E-state index contributed by atoms with van der Waals surface area (Å²) in [6, 6.07) is 71.7. The smallest absolute Gasteiger partial charge is 0.247 e. The molecule has 0 amide bonds. The first kappa shape index (κ1) is 35.0. The van der Waals surface area contributed by atoms with Crippen molar-refractivity contribution < 1.29 is 0 Å². The second-order valence-electron chi connectivity index (χ2n) is 17.7.